The number of nitrogens with zero attached hydrogens (tertiary/aromatic N) is 4. The molecule has 0 N–H and O–H groups in total. The molecule has 5 nitrogen and oxygen atoms in total. The second-order valence-electron chi connectivity index (χ2n) is 6.01. The molecule has 2 aromatic carbocycles. The van der Waals surface area contributed by atoms with Crippen LogP contribution < -0.4 is 0 Å². The summed E-state index contributed by atoms with van der Waals surface area (Å²) in [4.78, 5) is 13.7. The topological polar surface area (TPSA) is 60.7 Å². The number of tetrazole rings is 1. The van der Waals surface area contributed by atoms with E-state index in [1.807, 2.05) is 36.4 Å². The molecule has 6 heteroatoms. The van der Waals surface area contributed by atoms with E-state index in [2.05, 4.69) is 29.3 Å². The Morgan fingerprint density at radius 3 is 2.64 bits per heavy atom. The quantitative estimate of drug-likeness (QED) is 0.616. The molecule has 128 valence electrons. The van der Waals surface area contributed by atoms with E-state index in [0.29, 0.717) is 22.3 Å². The van der Waals surface area contributed by atoms with Crippen LogP contribution in [0.5, 0.6) is 0 Å². The van der Waals surface area contributed by atoms with Gasteiger partial charge in [-0.1, -0.05) is 61.8 Å². The van der Waals surface area contributed by atoms with Gasteiger partial charge in [0.25, 0.3) is 0 Å². The zero-order chi connectivity index (χ0) is 17.8. The number of hydrogen-bond acceptors (Lipinski definition) is 4. The lowest BCUT2D eigenvalue weighted by Gasteiger charge is -2.09. The molecule has 0 aliphatic carbocycles. The number of hydrogen-bond donors (Lipinski definition) is 0. The van der Waals surface area contributed by atoms with Gasteiger partial charge in [-0.05, 0) is 35.2 Å². The van der Waals surface area contributed by atoms with Crippen LogP contribution >= 0.6 is 11.6 Å². The minimum atomic E-state index is -0.0502. The first-order valence-corrected chi connectivity index (χ1v) is 8.61. The average Bonchev–Trinajstić information content (AvgIpc) is 3.09. The molecular weight excluding hydrogens is 336 g/mol. The number of rotatable bonds is 6. The summed E-state index contributed by atoms with van der Waals surface area (Å²) in [5, 5.41) is 12.8. The van der Waals surface area contributed by atoms with Crippen LogP contribution in [-0.2, 0) is 6.54 Å². The maximum absolute atomic E-state index is 12.4. The van der Waals surface area contributed by atoms with E-state index >= 15 is 0 Å². The Bertz CT molecular complexity index is 873. The third-order valence-electron chi connectivity index (χ3n) is 4.23. The Kier molecular flexibility index (Phi) is 5.24. The van der Waals surface area contributed by atoms with E-state index in [4.69, 9.17) is 11.6 Å². The normalized spacial score (nSPS) is 12.1. The third-order valence-corrected chi connectivity index (χ3v) is 4.47. The molecule has 0 radical (unpaired) electrons. The second kappa shape index (κ2) is 7.57. The Morgan fingerprint density at radius 2 is 1.96 bits per heavy atom. The van der Waals surface area contributed by atoms with Crippen LogP contribution in [0.3, 0.4) is 0 Å². The van der Waals surface area contributed by atoms with Crippen LogP contribution in [0.1, 0.15) is 42.1 Å². The first kappa shape index (κ1) is 17.3. The molecule has 1 heterocycles. The Labute approximate surface area is 151 Å². The van der Waals surface area contributed by atoms with Gasteiger partial charge in [0.05, 0.1) is 0 Å². The monoisotopic (exact) mass is 354 g/mol. The van der Waals surface area contributed by atoms with Crippen molar-refractivity contribution in [2.75, 3.05) is 0 Å². The minimum Gasteiger partial charge on any atom is -0.292 e. The van der Waals surface area contributed by atoms with E-state index in [1.54, 1.807) is 12.1 Å². The van der Waals surface area contributed by atoms with E-state index in [-0.39, 0.29) is 12.3 Å². The Balaban J connectivity index is 1.71. The predicted octanol–water partition coefficient (Wildman–Crippen LogP) is 4.39. The van der Waals surface area contributed by atoms with Crippen molar-refractivity contribution in [2.24, 2.45) is 0 Å². The van der Waals surface area contributed by atoms with E-state index < -0.39 is 0 Å². The number of carbonyl (C=O) groups excluding carboxylic acids is 1. The first-order valence-electron chi connectivity index (χ1n) is 8.23. The number of halogens is 1. The lowest BCUT2D eigenvalue weighted by atomic mass is 9.97. The van der Waals surface area contributed by atoms with Crippen molar-refractivity contribution < 1.29 is 4.79 Å². The largest absolute Gasteiger partial charge is 0.292 e. The highest BCUT2D eigenvalue weighted by Crippen LogP contribution is 2.20. The number of benzene rings is 2. The van der Waals surface area contributed by atoms with Crippen LogP contribution in [0, 0.1) is 0 Å². The molecule has 0 fully saturated rings. The molecule has 0 aliphatic heterocycles. The van der Waals surface area contributed by atoms with Gasteiger partial charge in [0, 0.05) is 16.1 Å². The van der Waals surface area contributed by atoms with Crippen molar-refractivity contribution in [3.63, 3.8) is 0 Å². The fourth-order valence-corrected chi connectivity index (χ4v) is 2.70. The fourth-order valence-electron chi connectivity index (χ4n) is 2.51. The second-order valence-corrected chi connectivity index (χ2v) is 6.44. The third kappa shape index (κ3) is 4.12. The molecule has 0 unspecified atom stereocenters. The van der Waals surface area contributed by atoms with Gasteiger partial charge >= 0.3 is 0 Å². The van der Waals surface area contributed by atoms with Crippen LogP contribution in [0.15, 0.2) is 48.5 Å². The summed E-state index contributed by atoms with van der Waals surface area (Å²) in [5.41, 5.74) is 2.65. The Hall–Kier alpha value is -2.53. The Morgan fingerprint density at radius 1 is 1.20 bits per heavy atom. The lowest BCUT2D eigenvalue weighted by molar-refractivity contribution is 0.0961. The summed E-state index contributed by atoms with van der Waals surface area (Å²) in [5.74, 6) is 0.884. The van der Waals surface area contributed by atoms with Crippen molar-refractivity contribution in [2.45, 2.75) is 32.7 Å². The predicted molar refractivity (Wildman–Crippen MR) is 97.7 cm³/mol. The minimum absolute atomic E-state index is 0.0502. The van der Waals surface area contributed by atoms with Crippen molar-refractivity contribution in [3.8, 4) is 11.4 Å². The first-order chi connectivity index (χ1) is 12.1. The number of aromatic nitrogens is 4. The highest BCUT2D eigenvalue weighted by molar-refractivity contribution is 6.30. The molecule has 0 amide bonds. The van der Waals surface area contributed by atoms with Crippen molar-refractivity contribution in [1.82, 2.24) is 20.2 Å². The maximum Gasteiger partial charge on any atom is 0.204 e. The standard InChI is InChI=1S/C19H19ClN4O/c1-3-13(2)14-7-9-15(10-8-14)18(25)12-24-22-19(21-23-24)16-5-4-6-17(20)11-16/h4-11,13H,3,12H2,1-2H3/t13-/m1/s1. The van der Waals surface area contributed by atoms with Crippen molar-refractivity contribution >= 4 is 17.4 Å². The summed E-state index contributed by atoms with van der Waals surface area (Å²) in [6.45, 7) is 4.38. The number of Topliss-reactive ketones (excluding diaryl/α,β-unsaturated/α-hetero) is 1. The van der Waals surface area contributed by atoms with Crippen LogP contribution in [0.2, 0.25) is 5.02 Å². The summed E-state index contributed by atoms with van der Waals surface area (Å²) in [6.07, 6.45) is 1.07. The molecule has 0 spiro atoms. The SMILES string of the molecule is CC[C@@H](C)c1ccc(C(=O)Cn2nnc(-c3cccc(Cl)c3)n2)cc1. The summed E-state index contributed by atoms with van der Waals surface area (Å²) < 4.78 is 0. The molecule has 3 rings (SSSR count). The highest BCUT2D eigenvalue weighted by atomic mass is 35.5. The molecule has 0 saturated heterocycles. The number of ketones is 1. The molecular formula is C19H19ClN4O. The van der Waals surface area contributed by atoms with Gasteiger partial charge < -0.3 is 0 Å². The van der Waals surface area contributed by atoms with Gasteiger partial charge in [-0.2, -0.15) is 4.80 Å². The fraction of sp³-hybridized carbons (Fsp3) is 0.263. The maximum atomic E-state index is 12.4. The van der Waals surface area contributed by atoms with E-state index in [1.165, 1.54) is 10.4 Å². The summed E-state index contributed by atoms with van der Waals surface area (Å²) >= 11 is 5.97. The van der Waals surface area contributed by atoms with Gasteiger partial charge in [-0.25, -0.2) is 0 Å². The van der Waals surface area contributed by atoms with E-state index in [9.17, 15) is 4.79 Å². The molecule has 0 bridgehead atoms. The molecule has 0 saturated carbocycles. The summed E-state index contributed by atoms with van der Waals surface area (Å²) in [6, 6.07) is 14.9. The van der Waals surface area contributed by atoms with Gasteiger partial charge in [0.2, 0.25) is 5.82 Å². The summed E-state index contributed by atoms with van der Waals surface area (Å²) in [7, 11) is 0. The van der Waals surface area contributed by atoms with Crippen molar-refractivity contribution in [3.05, 3.63) is 64.7 Å². The smallest absolute Gasteiger partial charge is 0.204 e. The molecule has 3 aromatic rings. The van der Waals surface area contributed by atoms with Gasteiger partial charge in [0.1, 0.15) is 6.54 Å². The molecule has 1 aromatic heterocycles. The van der Waals surface area contributed by atoms with Gasteiger partial charge in [-0.15, -0.1) is 10.2 Å². The zero-order valence-corrected chi connectivity index (χ0v) is 14.9. The highest BCUT2D eigenvalue weighted by Gasteiger charge is 2.12. The van der Waals surface area contributed by atoms with E-state index in [0.717, 1.165) is 12.0 Å². The lowest BCUT2D eigenvalue weighted by Crippen LogP contribution is -2.13. The van der Waals surface area contributed by atoms with Crippen LogP contribution in [0.4, 0.5) is 0 Å². The van der Waals surface area contributed by atoms with Crippen molar-refractivity contribution in [1.29, 1.82) is 0 Å². The average molecular weight is 355 g/mol. The molecule has 25 heavy (non-hydrogen) atoms. The molecule has 0 aliphatic rings. The number of carbonyl (C=O) groups is 1. The van der Waals surface area contributed by atoms with Crippen LogP contribution in [-0.4, -0.2) is 26.0 Å². The van der Waals surface area contributed by atoms with Crippen LogP contribution in [0.25, 0.3) is 11.4 Å². The van der Waals surface area contributed by atoms with Gasteiger partial charge in [-0.3, -0.25) is 4.79 Å². The van der Waals surface area contributed by atoms with Gasteiger partial charge in [0.15, 0.2) is 5.78 Å². The zero-order valence-electron chi connectivity index (χ0n) is 14.2. The molecule has 1 atom stereocenters.